The number of benzene rings is 3. The molecule has 148 valence electrons. The van der Waals surface area contributed by atoms with Crippen LogP contribution in [0.5, 0.6) is 5.75 Å². The van der Waals surface area contributed by atoms with E-state index in [-0.39, 0.29) is 5.56 Å². The van der Waals surface area contributed by atoms with Gasteiger partial charge >= 0.3 is 12.1 Å². The van der Waals surface area contributed by atoms with Crippen LogP contribution in [0.2, 0.25) is 0 Å². The van der Waals surface area contributed by atoms with Crippen molar-refractivity contribution in [2.45, 2.75) is 12.8 Å². The van der Waals surface area contributed by atoms with E-state index in [4.69, 9.17) is 9.57 Å². The van der Waals surface area contributed by atoms with E-state index in [1.165, 1.54) is 6.21 Å². The van der Waals surface area contributed by atoms with Gasteiger partial charge in [0.1, 0.15) is 12.4 Å². The van der Waals surface area contributed by atoms with Gasteiger partial charge in [0.05, 0.1) is 17.3 Å². The van der Waals surface area contributed by atoms with E-state index in [2.05, 4.69) is 5.16 Å². The topological polar surface area (TPSA) is 47.9 Å². The summed E-state index contributed by atoms with van der Waals surface area (Å²) in [6, 6.07) is 20.4. The lowest BCUT2D eigenvalue weighted by molar-refractivity contribution is -0.137. The number of carbonyl (C=O) groups is 1. The van der Waals surface area contributed by atoms with E-state index in [9.17, 15) is 18.0 Å². The Kier molecular flexibility index (Phi) is 6.29. The number of oxime groups is 1. The number of ether oxygens (including phenoxy) is 1. The summed E-state index contributed by atoms with van der Waals surface area (Å²) in [5, 5.41) is 3.57. The van der Waals surface area contributed by atoms with E-state index >= 15 is 0 Å². The van der Waals surface area contributed by atoms with E-state index in [1.54, 1.807) is 24.3 Å². The summed E-state index contributed by atoms with van der Waals surface area (Å²) in [5.74, 6) is -0.175. The monoisotopic (exact) mass is 399 g/mol. The van der Waals surface area contributed by atoms with E-state index in [1.807, 2.05) is 30.3 Å². The van der Waals surface area contributed by atoms with Gasteiger partial charge in [0.25, 0.3) is 0 Å². The van der Waals surface area contributed by atoms with Crippen LogP contribution in [-0.4, -0.2) is 12.2 Å². The van der Waals surface area contributed by atoms with Crippen molar-refractivity contribution in [2.24, 2.45) is 5.16 Å². The fourth-order valence-electron chi connectivity index (χ4n) is 2.37. The summed E-state index contributed by atoms with van der Waals surface area (Å²) in [7, 11) is 0. The van der Waals surface area contributed by atoms with Crippen LogP contribution >= 0.6 is 0 Å². The Morgan fingerprint density at radius 3 is 2.17 bits per heavy atom. The molecule has 0 saturated heterocycles. The van der Waals surface area contributed by atoms with Gasteiger partial charge in [-0.2, -0.15) is 13.2 Å². The zero-order valence-corrected chi connectivity index (χ0v) is 15.1. The normalized spacial score (nSPS) is 11.4. The molecule has 0 saturated carbocycles. The predicted molar refractivity (Wildman–Crippen MR) is 102 cm³/mol. The summed E-state index contributed by atoms with van der Waals surface area (Å²) >= 11 is 0. The minimum absolute atomic E-state index is 0.0280. The molecule has 0 fully saturated rings. The molecule has 3 aromatic rings. The lowest BCUT2D eigenvalue weighted by Crippen LogP contribution is -2.06. The van der Waals surface area contributed by atoms with Gasteiger partial charge in [0.2, 0.25) is 0 Å². The quantitative estimate of drug-likeness (QED) is 0.314. The number of rotatable bonds is 6. The highest BCUT2D eigenvalue weighted by Gasteiger charge is 2.30. The first-order valence-corrected chi connectivity index (χ1v) is 8.60. The standard InChI is InChI=1S/C22H16F3NO3/c23-22(24,25)19-10-8-18(9-11-19)21(27)29-26-14-16-6-12-20(13-7-16)28-15-17-4-2-1-3-5-17/h1-14H,15H2. The van der Waals surface area contributed by atoms with Gasteiger partial charge in [-0.3, -0.25) is 0 Å². The van der Waals surface area contributed by atoms with Crippen LogP contribution in [0.1, 0.15) is 27.0 Å². The van der Waals surface area contributed by atoms with Crippen LogP contribution in [-0.2, 0) is 17.6 Å². The molecule has 3 rings (SSSR count). The molecule has 0 aromatic heterocycles. The fraction of sp³-hybridized carbons (Fsp3) is 0.0909. The molecule has 0 spiro atoms. The molecular formula is C22H16F3NO3. The summed E-state index contributed by atoms with van der Waals surface area (Å²) in [6.45, 7) is 0.443. The molecule has 4 nitrogen and oxygen atoms in total. The molecule has 0 aliphatic carbocycles. The highest BCUT2D eigenvalue weighted by molar-refractivity contribution is 5.90. The van der Waals surface area contributed by atoms with Crippen LogP contribution in [0.4, 0.5) is 13.2 Å². The van der Waals surface area contributed by atoms with Gasteiger partial charge in [-0.05, 0) is 59.7 Å². The molecule has 0 bridgehead atoms. The Morgan fingerprint density at radius 1 is 0.897 bits per heavy atom. The third kappa shape index (κ3) is 5.93. The Morgan fingerprint density at radius 2 is 1.55 bits per heavy atom. The molecular weight excluding hydrogens is 383 g/mol. The Bertz CT molecular complexity index is 967. The maximum atomic E-state index is 12.5. The number of hydrogen-bond donors (Lipinski definition) is 0. The SMILES string of the molecule is O=C(ON=Cc1ccc(OCc2ccccc2)cc1)c1ccc(C(F)(F)F)cc1. The van der Waals surface area contributed by atoms with Crippen molar-refractivity contribution in [1.29, 1.82) is 0 Å². The second-order valence-corrected chi connectivity index (χ2v) is 6.03. The molecule has 0 radical (unpaired) electrons. The van der Waals surface area contributed by atoms with Crippen molar-refractivity contribution in [3.05, 3.63) is 101 Å². The molecule has 0 aliphatic rings. The van der Waals surface area contributed by atoms with Gasteiger partial charge < -0.3 is 9.57 Å². The number of nitrogens with zero attached hydrogens (tertiary/aromatic N) is 1. The number of halogens is 3. The van der Waals surface area contributed by atoms with Gasteiger partial charge in [-0.1, -0.05) is 35.5 Å². The largest absolute Gasteiger partial charge is 0.489 e. The second kappa shape index (κ2) is 9.05. The van der Waals surface area contributed by atoms with Crippen LogP contribution in [0.3, 0.4) is 0 Å². The van der Waals surface area contributed by atoms with Crippen molar-refractivity contribution in [3.8, 4) is 5.75 Å². The highest BCUT2D eigenvalue weighted by atomic mass is 19.4. The molecule has 0 aliphatic heterocycles. The lowest BCUT2D eigenvalue weighted by Gasteiger charge is -2.06. The van der Waals surface area contributed by atoms with E-state index in [0.717, 1.165) is 29.8 Å². The van der Waals surface area contributed by atoms with Crippen LogP contribution in [0, 0.1) is 0 Å². The summed E-state index contributed by atoms with van der Waals surface area (Å²) < 4.78 is 43.2. The van der Waals surface area contributed by atoms with E-state index < -0.39 is 17.7 Å². The van der Waals surface area contributed by atoms with Crippen molar-refractivity contribution >= 4 is 12.2 Å². The first kappa shape index (κ1) is 20.1. The second-order valence-electron chi connectivity index (χ2n) is 6.03. The maximum Gasteiger partial charge on any atom is 0.416 e. The number of alkyl halides is 3. The minimum Gasteiger partial charge on any atom is -0.489 e. The summed E-state index contributed by atoms with van der Waals surface area (Å²) in [6.07, 6.45) is -3.14. The van der Waals surface area contributed by atoms with Gasteiger partial charge in [0.15, 0.2) is 0 Å². The van der Waals surface area contributed by atoms with Gasteiger partial charge in [0, 0.05) is 0 Å². The average molecular weight is 399 g/mol. The molecule has 3 aromatic carbocycles. The van der Waals surface area contributed by atoms with Crippen LogP contribution < -0.4 is 4.74 Å². The van der Waals surface area contributed by atoms with Gasteiger partial charge in [-0.15, -0.1) is 0 Å². The molecule has 0 amide bonds. The fourth-order valence-corrected chi connectivity index (χ4v) is 2.37. The van der Waals surface area contributed by atoms with Crippen molar-refractivity contribution in [1.82, 2.24) is 0 Å². The third-order valence-electron chi connectivity index (χ3n) is 3.91. The zero-order valence-electron chi connectivity index (χ0n) is 15.1. The minimum atomic E-state index is -4.46. The number of hydrogen-bond acceptors (Lipinski definition) is 4. The van der Waals surface area contributed by atoms with Crippen LogP contribution in [0.25, 0.3) is 0 Å². The highest BCUT2D eigenvalue weighted by Crippen LogP contribution is 2.29. The third-order valence-corrected chi connectivity index (χ3v) is 3.91. The molecule has 0 unspecified atom stereocenters. The van der Waals surface area contributed by atoms with Crippen molar-refractivity contribution in [2.75, 3.05) is 0 Å². The molecule has 7 heteroatoms. The molecule has 0 N–H and O–H groups in total. The molecule has 29 heavy (non-hydrogen) atoms. The smallest absolute Gasteiger partial charge is 0.416 e. The van der Waals surface area contributed by atoms with E-state index in [0.29, 0.717) is 17.9 Å². The van der Waals surface area contributed by atoms with Crippen LogP contribution in [0.15, 0.2) is 84.0 Å². The predicted octanol–water partition coefficient (Wildman–Crippen LogP) is 5.48. The summed E-state index contributed by atoms with van der Waals surface area (Å²) in [5.41, 5.74) is 0.845. The molecule has 0 heterocycles. The Labute approximate surface area is 165 Å². The first-order chi connectivity index (χ1) is 13.9. The summed E-state index contributed by atoms with van der Waals surface area (Å²) in [4.78, 5) is 16.5. The zero-order chi connectivity index (χ0) is 20.7. The first-order valence-electron chi connectivity index (χ1n) is 8.60. The average Bonchev–Trinajstić information content (AvgIpc) is 2.73. The lowest BCUT2D eigenvalue weighted by atomic mass is 10.1. The Hall–Kier alpha value is -3.61. The maximum absolute atomic E-state index is 12.5. The van der Waals surface area contributed by atoms with Gasteiger partial charge in [-0.25, -0.2) is 4.79 Å². The van der Waals surface area contributed by atoms with Crippen molar-refractivity contribution in [3.63, 3.8) is 0 Å². The Balaban J connectivity index is 1.51. The number of carbonyl (C=O) groups excluding carboxylic acids is 1. The van der Waals surface area contributed by atoms with Crippen molar-refractivity contribution < 1.29 is 27.5 Å². The molecule has 0 atom stereocenters.